The van der Waals surface area contributed by atoms with E-state index in [4.69, 9.17) is 18.3 Å². The zero-order valence-corrected chi connectivity index (χ0v) is 15.5. The van der Waals surface area contributed by atoms with Gasteiger partial charge in [0.2, 0.25) is 0 Å². The predicted molar refractivity (Wildman–Crippen MR) is 91.1 cm³/mol. The lowest BCUT2D eigenvalue weighted by Crippen LogP contribution is -2.30. The molecule has 0 saturated heterocycles. The third-order valence-electron chi connectivity index (χ3n) is 3.51. The zero-order chi connectivity index (χ0) is 18.1. The molecule has 0 aliphatic carbocycles. The molecular formula is C17H23O6Si. The highest BCUT2D eigenvalue weighted by molar-refractivity contribution is 6.46. The summed E-state index contributed by atoms with van der Waals surface area (Å²) in [5.74, 6) is -1.20. The zero-order valence-electron chi connectivity index (χ0n) is 14.5. The molecule has 0 aliphatic heterocycles. The van der Waals surface area contributed by atoms with Crippen LogP contribution in [0.15, 0.2) is 30.9 Å². The van der Waals surface area contributed by atoms with Gasteiger partial charge in [-0.1, -0.05) is 31.7 Å². The van der Waals surface area contributed by atoms with Crippen molar-refractivity contribution in [2.75, 3.05) is 27.9 Å². The standard InChI is InChI=1S/C17H23O6Si/c1-6-11-23-16(18)13-10-8-9-12(15(13)17(19)20-3)14(7-2)24(21-4)22-5/h6,8-10,14H,1,7,11H2,2-5H3. The Bertz CT molecular complexity index is 582. The van der Waals surface area contributed by atoms with Gasteiger partial charge in [-0.25, -0.2) is 9.59 Å². The predicted octanol–water partition coefficient (Wildman–Crippen LogP) is 2.63. The number of hydrogen-bond acceptors (Lipinski definition) is 6. The molecule has 0 bridgehead atoms. The molecule has 0 heterocycles. The van der Waals surface area contributed by atoms with Crippen LogP contribution in [-0.4, -0.2) is 49.2 Å². The second-order valence-corrected chi connectivity index (χ2v) is 6.99. The minimum absolute atomic E-state index is 0.0616. The van der Waals surface area contributed by atoms with Crippen molar-refractivity contribution in [1.82, 2.24) is 0 Å². The molecule has 131 valence electrons. The average Bonchev–Trinajstić information content (AvgIpc) is 2.62. The first-order valence-corrected chi connectivity index (χ1v) is 8.89. The van der Waals surface area contributed by atoms with Gasteiger partial charge in [0.1, 0.15) is 6.61 Å². The largest absolute Gasteiger partial charge is 0.465 e. The molecule has 0 aliphatic rings. The number of hydrogen-bond donors (Lipinski definition) is 0. The first-order chi connectivity index (χ1) is 11.5. The summed E-state index contributed by atoms with van der Waals surface area (Å²) in [5.41, 5.74) is 0.868. The maximum Gasteiger partial charge on any atom is 0.392 e. The van der Waals surface area contributed by atoms with Crippen LogP contribution in [0.3, 0.4) is 0 Å². The topological polar surface area (TPSA) is 71.1 Å². The van der Waals surface area contributed by atoms with E-state index >= 15 is 0 Å². The van der Waals surface area contributed by atoms with Gasteiger partial charge in [0.05, 0.1) is 18.2 Å². The Labute approximate surface area is 144 Å². The van der Waals surface area contributed by atoms with E-state index < -0.39 is 21.2 Å². The smallest absolute Gasteiger partial charge is 0.392 e. The van der Waals surface area contributed by atoms with E-state index in [9.17, 15) is 9.59 Å². The summed E-state index contributed by atoms with van der Waals surface area (Å²) in [6, 6.07) is 5.03. The van der Waals surface area contributed by atoms with Crippen LogP contribution in [0.4, 0.5) is 0 Å². The summed E-state index contributed by atoms with van der Waals surface area (Å²) in [6.07, 6.45) is 2.15. The third-order valence-corrected chi connectivity index (χ3v) is 5.60. The summed E-state index contributed by atoms with van der Waals surface area (Å²) in [7, 11) is 2.75. The van der Waals surface area contributed by atoms with Crippen molar-refractivity contribution in [2.45, 2.75) is 18.9 Å². The first kappa shape index (κ1) is 20.1. The molecule has 0 saturated carbocycles. The van der Waals surface area contributed by atoms with Gasteiger partial charge in [0.25, 0.3) is 0 Å². The number of rotatable bonds is 9. The van der Waals surface area contributed by atoms with Crippen molar-refractivity contribution in [3.05, 3.63) is 47.5 Å². The SMILES string of the molecule is C=CCOC(=O)c1cccc(C(CC)[Si](OC)OC)c1C(=O)OC. The van der Waals surface area contributed by atoms with Crippen LogP contribution in [0, 0.1) is 0 Å². The highest BCUT2D eigenvalue weighted by atomic mass is 28.3. The summed E-state index contributed by atoms with van der Waals surface area (Å²) < 4.78 is 20.8. The monoisotopic (exact) mass is 351 g/mol. The minimum atomic E-state index is -1.66. The van der Waals surface area contributed by atoms with Crippen LogP contribution < -0.4 is 0 Å². The molecule has 1 rings (SSSR count). The van der Waals surface area contributed by atoms with Gasteiger partial charge < -0.3 is 18.3 Å². The molecule has 0 spiro atoms. The van der Waals surface area contributed by atoms with E-state index in [0.717, 1.165) is 0 Å². The van der Waals surface area contributed by atoms with Gasteiger partial charge in [-0.3, -0.25) is 0 Å². The molecule has 1 radical (unpaired) electrons. The second-order valence-electron chi connectivity index (χ2n) is 4.84. The first-order valence-electron chi connectivity index (χ1n) is 7.49. The lowest BCUT2D eigenvalue weighted by molar-refractivity contribution is 0.0521. The number of ether oxygens (including phenoxy) is 2. The third kappa shape index (κ3) is 4.53. The van der Waals surface area contributed by atoms with Crippen LogP contribution >= 0.6 is 0 Å². The van der Waals surface area contributed by atoms with Crippen molar-refractivity contribution < 1.29 is 27.9 Å². The maximum atomic E-state index is 12.3. The van der Waals surface area contributed by atoms with Crippen molar-refractivity contribution >= 4 is 21.2 Å². The van der Waals surface area contributed by atoms with E-state index in [1.165, 1.54) is 13.2 Å². The summed E-state index contributed by atoms with van der Waals surface area (Å²) in [6.45, 7) is 5.54. The van der Waals surface area contributed by atoms with Crippen LogP contribution in [0.5, 0.6) is 0 Å². The van der Waals surface area contributed by atoms with Gasteiger partial charge in [-0.2, -0.15) is 0 Å². The normalized spacial score (nSPS) is 11.9. The fourth-order valence-electron chi connectivity index (χ4n) is 2.45. The Hall–Kier alpha value is -1.96. The van der Waals surface area contributed by atoms with Crippen molar-refractivity contribution in [1.29, 1.82) is 0 Å². The molecular weight excluding hydrogens is 328 g/mol. The Morgan fingerprint density at radius 3 is 2.38 bits per heavy atom. The summed E-state index contributed by atoms with van der Waals surface area (Å²) in [4.78, 5) is 24.6. The van der Waals surface area contributed by atoms with E-state index in [1.807, 2.05) is 6.92 Å². The Balaban J connectivity index is 3.46. The number of carbonyl (C=O) groups is 2. The molecule has 1 aromatic rings. The van der Waals surface area contributed by atoms with Gasteiger partial charge in [0.15, 0.2) is 0 Å². The van der Waals surface area contributed by atoms with Crippen LogP contribution in [0.1, 0.15) is 45.2 Å². The summed E-state index contributed by atoms with van der Waals surface area (Å²) in [5, 5.41) is 0. The van der Waals surface area contributed by atoms with Gasteiger partial charge in [-0.05, 0) is 18.1 Å². The molecule has 0 N–H and O–H groups in total. The number of carbonyl (C=O) groups excluding carboxylic acids is 2. The molecule has 24 heavy (non-hydrogen) atoms. The van der Waals surface area contributed by atoms with Crippen LogP contribution in [-0.2, 0) is 18.3 Å². The van der Waals surface area contributed by atoms with Crippen LogP contribution in [0.2, 0.25) is 0 Å². The molecule has 6 nitrogen and oxygen atoms in total. The molecule has 1 atom stereocenters. The van der Waals surface area contributed by atoms with Crippen LogP contribution in [0.25, 0.3) is 0 Å². The van der Waals surface area contributed by atoms with Gasteiger partial charge >= 0.3 is 21.2 Å². The number of methoxy groups -OCH3 is 1. The van der Waals surface area contributed by atoms with E-state index in [-0.39, 0.29) is 23.3 Å². The molecule has 1 aromatic carbocycles. The fourth-order valence-corrected chi connectivity index (χ4v) is 4.02. The summed E-state index contributed by atoms with van der Waals surface area (Å²) >= 11 is 0. The lowest BCUT2D eigenvalue weighted by Gasteiger charge is -2.23. The lowest BCUT2D eigenvalue weighted by atomic mass is 9.97. The highest BCUT2D eigenvalue weighted by Gasteiger charge is 2.33. The van der Waals surface area contributed by atoms with E-state index in [2.05, 4.69) is 6.58 Å². The second kappa shape index (κ2) is 10.0. The number of benzene rings is 1. The Kier molecular flexibility index (Phi) is 8.38. The molecule has 0 aromatic heterocycles. The van der Waals surface area contributed by atoms with Crippen molar-refractivity contribution in [2.24, 2.45) is 0 Å². The van der Waals surface area contributed by atoms with E-state index in [1.54, 1.807) is 32.4 Å². The van der Waals surface area contributed by atoms with Crippen molar-refractivity contribution in [3.63, 3.8) is 0 Å². The molecule has 0 amide bonds. The number of esters is 2. The quantitative estimate of drug-likeness (QED) is 0.387. The van der Waals surface area contributed by atoms with E-state index in [0.29, 0.717) is 12.0 Å². The molecule has 1 unspecified atom stereocenters. The Morgan fingerprint density at radius 1 is 1.21 bits per heavy atom. The average molecular weight is 351 g/mol. The fraction of sp³-hybridized carbons (Fsp3) is 0.412. The van der Waals surface area contributed by atoms with Crippen molar-refractivity contribution in [3.8, 4) is 0 Å². The maximum absolute atomic E-state index is 12.3. The van der Waals surface area contributed by atoms with Gasteiger partial charge in [0, 0.05) is 19.8 Å². The van der Waals surface area contributed by atoms with Gasteiger partial charge in [-0.15, -0.1) is 0 Å². The minimum Gasteiger partial charge on any atom is -0.465 e. The highest BCUT2D eigenvalue weighted by Crippen LogP contribution is 2.29. The Morgan fingerprint density at radius 2 is 1.88 bits per heavy atom. The molecule has 0 fully saturated rings. The molecule has 7 heteroatoms.